The topological polar surface area (TPSA) is 62.2 Å². The molecule has 1 fully saturated rings. The van der Waals surface area contributed by atoms with E-state index in [9.17, 15) is 10.0 Å². The van der Waals surface area contributed by atoms with Crippen molar-refractivity contribution in [1.82, 2.24) is 4.90 Å². The van der Waals surface area contributed by atoms with Crippen molar-refractivity contribution < 1.29 is 19.5 Å². The zero-order chi connectivity index (χ0) is 15.2. The van der Waals surface area contributed by atoms with Crippen molar-refractivity contribution in [2.75, 3.05) is 26.8 Å². The first kappa shape index (κ1) is 16.3. The average molecular weight is 293 g/mol. The first-order chi connectivity index (χ1) is 10.1. The highest BCUT2D eigenvalue weighted by molar-refractivity contribution is 6.59. The smallest absolute Gasteiger partial charge is 0.488 e. The molecule has 21 heavy (non-hydrogen) atoms. The lowest BCUT2D eigenvalue weighted by Gasteiger charge is -2.25. The van der Waals surface area contributed by atoms with E-state index in [0.717, 1.165) is 43.9 Å². The fourth-order valence-corrected chi connectivity index (χ4v) is 2.72. The van der Waals surface area contributed by atoms with Crippen LogP contribution in [0.2, 0.25) is 0 Å². The number of hydrogen-bond donors (Lipinski definition) is 2. The summed E-state index contributed by atoms with van der Waals surface area (Å²) >= 11 is 0. The second-order valence-corrected chi connectivity index (χ2v) is 5.40. The van der Waals surface area contributed by atoms with E-state index in [1.165, 1.54) is 0 Å². The molecule has 1 aromatic rings. The highest BCUT2D eigenvalue weighted by Gasteiger charge is 2.21. The molecule has 2 rings (SSSR count). The lowest BCUT2D eigenvalue weighted by Crippen LogP contribution is -2.38. The average Bonchev–Trinajstić information content (AvgIpc) is 2.99. The van der Waals surface area contributed by atoms with Gasteiger partial charge in [-0.25, -0.2) is 0 Å². The van der Waals surface area contributed by atoms with Crippen molar-refractivity contribution in [2.45, 2.75) is 32.4 Å². The molecule has 0 aromatic heterocycles. The molecule has 116 valence electrons. The van der Waals surface area contributed by atoms with Gasteiger partial charge in [0.1, 0.15) is 5.75 Å². The Hall–Kier alpha value is -1.08. The van der Waals surface area contributed by atoms with E-state index in [1.807, 2.05) is 6.07 Å². The standard InChI is InChI=1S/C15H24BNO4/c1-3-17(11-14-5-4-8-21-14)10-12-9-13(20-2)6-7-15(12)16(18)19/h6-7,9,14,18-19H,3-5,8,10-11H2,1-2H3. The van der Waals surface area contributed by atoms with E-state index in [-0.39, 0.29) is 6.10 Å². The van der Waals surface area contributed by atoms with Crippen molar-refractivity contribution in [2.24, 2.45) is 0 Å². The molecule has 1 heterocycles. The third kappa shape index (κ3) is 4.44. The van der Waals surface area contributed by atoms with Gasteiger partial charge >= 0.3 is 7.12 Å². The lowest BCUT2D eigenvalue weighted by molar-refractivity contribution is 0.0725. The Morgan fingerprint density at radius 1 is 1.43 bits per heavy atom. The Labute approximate surface area is 126 Å². The van der Waals surface area contributed by atoms with Crippen LogP contribution in [0.15, 0.2) is 18.2 Å². The van der Waals surface area contributed by atoms with Crippen LogP contribution in [0.4, 0.5) is 0 Å². The van der Waals surface area contributed by atoms with Gasteiger partial charge in [0.25, 0.3) is 0 Å². The van der Waals surface area contributed by atoms with Gasteiger partial charge in [-0.05, 0) is 42.5 Å². The van der Waals surface area contributed by atoms with E-state index >= 15 is 0 Å². The number of benzene rings is 1. The molecule has 0 saturated carbocycles. The van der Waals surface area contributed by atoms with Crippen LogP contribution in [0.25, 0.3) is 0 Å². The minimum absolute atomic E-state index is 0.290. The van der Waals surface area contributed by atoms with E-state index in [0.29, 0.717) is 12.0 Å². The Balaban J connectivity index is 2.10. The van der Waals surface area contributed by atoms with Crippen molar-refractivity contribution in [3.05, 3.63) is 23.8 Å². The molecule has 1 aliphatic heterocycles. The molecular weight excluding hydrogens is 269 g/mol. The van der Waals surface area contributed by atoms with Gasteiger partial charge in [-0.2, -0.15) is 0 Å². The molecule has 0 aliphatic carbocycles. The maximum Gasteiger partial charge on any atom is 0.488 e. The Bertz CT molecular complexity index is 449. The molecule has 2 N–H and O–H groups in total. The molecule has 0 amide bonds. The van der Waals surface area contributed by atoms with Gasteiger partial charge in [-0.15, -0.1) is 0 Å². The number of likely N-dealkylation sites (N-methyl/N-ethyl adjacent to an activating group) is 1. The van der Waals surface area contributed by atoms with Gasteiger partial charge in [-0.1, -0.05) is 13.0 Å². The van der Waals surface area contributed by atoms with Crippen molar-refractivity contribution >= 4 is 12.6 Å². The quantitative estimate of drug-likeness (QED) is 0.712. The summed E-state index contributed by atoms with van der Waals surface area (Å²) in [6, 6.07) is 5.32. The van der Waals surface area contributed by atoms with Gasteiger partial charge in [-0.3, -0.25) is 4.90 Å². The lowest BCUT2D eigenvalue weighted by atomic mass is 9.77. The highest BCUT2D eigenvalue weighted by Crippen LogP contribution is 2.17. The minimum atomic E-state index is -1.47. The summed E-state index contributed by atoms with van der Waals surface area (Å²) in [6.07, 6.45) is 2.52. The largest absolute Gasteiger partial charge is 0.497 e. The maximum absolute atomic E-state index is 9.51. The van der Waals surface area contributed by atoms with E-state index in [2.05, 4.69) is 11.8 Å². The fourth-order valence-electron chi connectivity index (χ4n) is 2.72. The zero-order valence-electron chi connectivity index (χ0n) is 12.8. The molecule has 1 saturated heterocycles. The molecule has 6 heteroatoms. The van der Waals surface area contributed by atoms with Crippen LogP contribution in [0, 0.1) is 0 Å². The molecular formula is C15H24BNO4. The number of nitrogens with zero attached hydrogens (tertiary/aromatic N) is 1. The predicted molar refractivity (Wildman–Crippen MR) is 82.7 cm³/mol. The zero-order valence-corrected chi connectivity index (χ0v) is 12.8. The van der Waals surface area contributed by atoms with Crippen LogP contribution in [-0.2, 0) is 11.3 Å². The van der Waals surface area contributed by atoms with E-state index < -0.39 is 7.12 Å². The van der Waals surface area contributed by atoms with E-state index in [1.54, 1.807) is 19.2 Å². The van der Waals surface area contributed by atoms with Gasteiger partial charge in [0.15, 0.2) is 0 Å². The Morgan fingerprint density at radius 3 is 2.81 bits per heavy atom. The molecule has 1 aliphatic rings. The minimum Gasteiger partial charge on any atom is -0.497 e. The molecule has 1 atom stereocenters. The molecule has 1 unspecified atom stereocenters. The van der Waals surface area contributed by atoms with Crippen LogP contribution in [0.1, 0.15) is 25.3 Å². The molecule has 0 radical (unpaired) electrons. The highest BCUT2D eigenvalue weighted by atomic mass is 16.5. The Kier molecular flexibility index (Phi) is 6.05. The third-order valence-corrected chi connectivity index (χ3v) is 3.96. The third-order valence-electron chi connectivity index (χ3n) is 3.96. The predicted octanol–water partition coefficient (Wildman–Crippen LogP) is 0.376. The van der Waals surface area contributed by atoms with Crippen molar-refractivity contribution in [1.29, 1.82) is 0 Å². The van der Waals surface area contributed by atoms with Crippen molar-refractivity contribution in [3.8, 4) is 5.75 Å². The van der Waals surface area contributed by atoms with Gasteiger partial charge < -0.3 is 19.5 Å². The summed E-state index contributed by atoms with van der Waals surface area (Å²) < 4.78 is 10.9. The van der Waals surface area contributed by atoms with Gasteiger partial charge in [0.2, 0.25) is 0 Å². The second-order valence-electron chi connectivity index (χ2n) is 5.40. The maximum atomic E-state index is 9.51. The first-order valence-corrected chi connectivity index (χ1v) is 7.51. The van der Waals surface area contributed by atoms with E-state index in [4.69, 9.17) is 9.47 Å². The fraction of sp³-hybridized carbons (Fsp3) is 0.600. The SMILES string of the molecule is CCN(Cc1cc(OC)ccc1B(O)O)CC1CCCO1. The normalized spacial score (nSPS) is 18.2. The van der Waals surface area contributed by atoms with Crippen LogP contribution >= 0.6 is 0 Å². The van der Waals surface area contributed by atoms with Gasteiger partial charge in [0.05, 0.1) is 13.2 Å². The van der Waals surface area contributed by atoms with Crippen LogP contribution in [0.5, 0.6) is 5.75 Å². The second kappa shape index (κ2) is 7.80. The number of rotatable bonds is 7. The summed E-state index contributed by atoms with van der Waals surface area (Å²) in [7, 11) is 0.144. The molecule has 0 bridgehead atoms. The Morgan fingerprint density at radius 2 is 2.24 bits per heavy atom. The van der Waals surface area contributed by atoms with Crippen molar-refractivity contribution in [3.63, 3.8) is 0 Å². The number of methoxy groups -OCH3 is 1. The number of ether oxygens (including phenoxy) is 2. The molecule has 0 spiro atoms. The monoisotopic (exact) mass is 293 g/mol. The van der Waals surface area contributed by atoms with Crippen LogP contribution < -0.4 is 10.2 Å². The molecule has 5 nitrogen and oxygen atoms in total. The summed E-state index contributed by atoms with van der Waals surface area (Å²) in [5, 5.41) is 19.0. The molecule has 1 aromatic carbocycles. The summed E-state index contributed by atoms with van der Waals surface area (Å²) in [4.78, 5) is 2.26. The van der Waals surface area contributed by atoms with Crippen LogP contribution in [-0.4, -0.2) is 55.0 Å². The summed E-state index contributed by atoms with van der Waals surface area (Å²) in [6.45, 7) is 5.36. The first-order valence-electron chi connectivity index (χ1n) is 7.51. The van der Waals surface area contributed by atoms with Gasteiger partial charge in [0, 0.05) is 19.7 Å². The summed E-state index contributed by atoms with van der Waals surface area (Å²) in [5.74, 6) is 0.725. The van der Waals surface area contributed by atoms with Crippen LogP contribution in [0.3, 0.4) is 0 Å². The number of hydrogen-bond acceptors (Lipinski definition) is 5. The summed E-state index contributed by atoms with van der Waals surface area (Å²) in [5.41, 5.74) is 1.41.